The van der Waals surface area contributed by atoms with E-state index >= 15 is 0 Å². The van der Waals surface area contributed by atoms with Crippen LogP contribution < -0.4 is 0 Å². The lowest BCUT2D eigenvalue weighted by Crippen LogP contribution is -2.38. The SMILES string of the molecule is CC(C)N1CCN([C@@H](C)S)C1=O. The van der Waals surface area contributed by atoms with Gasteiger partial charge in [-0.15, -0.1) is 0 Å². The number of carbonyl (C=O) groups excluding carboxylic acids is 1. The molecule has 0 aliphatic carbocycles. The topological polar surface area (TPSA) is 23.6 Å². The van der Waals surface area contributed by atoms with Crippen molar-refractivity contribution >= 4 is 18.7 Å². The Kier molecular flexibility index (Phi) is 2.88. The van der Waals surface area contributed by atoms with Crippen molar-refractivity contribution in [2.24, 2.45) is 0 Å². The lowest BCUT2D eigenvalue weighted by Gasteiger charge is -2.23. The van der Waals surface area contributed by atoms with Gasteiger partial charge >= 0.3 is 6.03 Å². The molecule has 1 rings (SSSR count). The number of thiol groups is 1. The van der Waals surface area contributed by atoms with Crippen LogP contribution in [0.2, 0.25) is 0 Å². The Hall–Kier alpha value is -0.380. The van der Waals surface area contributed by atoms with Crippen molar-refractivity contribution < 1.29 is 4.79 Å². The Morgan fingerprint density at radius 1 is 1.25 bits per heavy atom. The number of nitrogens with zero attached hydrogens (tertiary/aromatic N) is 2. The van der Waals surface area contributed by atoms with Crippen LogP contribution in [0.15, 0.2) is 0 Å². The summed E-state index contributed by atoms with van der Waals surface area (Å²) in [5.74, 6) is 0. The van der Waals surface area contributed by atoms with Gasteiger partial charge in [0, 0.05) is 19.1 Å². The van der Waals surface area contributed by atoms with Gasteiger partial charge in [0.05, 0.1) is 5.37 Å². The fourth-order valence-electron chi connectivity index (χ4n) is 1.40. The van der Waals surface area contributed by atoms with Crippen molar-refractivity contribution in [1.82, 2.24) is 9.80 Å². The van der Waals surface area contributed by atoms with Crippen LogP contribution >= 0.6 is 12.6 Å². The highest BCUT2D eigenvalue weighted by Gasteiger charge is 2.31. The molecule has 0 radical (unpaired) electrons. The molecule has 70 valence electrons. The highest BCUT2D eigenvalue weighted by molar-refractivity contribution is 7.80. The van der Waals surface area contributed by atoms with Gasteiger partial charge in [0.15, 0.2) is 0 Å². The van der Waals surface area contributed by atoms with Crippen molar-refractivity contribution in [1.29, 1.82) is 0 Å². The first kappa shape index (κ1) is 9.71. The second kappa shape index (κ2) is 3.56. The van der Waals surface area contributed by atoms with Crippen LogP contribution in [0.25, 0.3) is 0 Å². The summed E-state index contributed by atoms with van der Waals surface area (Å²) in [6, 6.07) is 0.419. The van der Waals surface area contributed by atoms with Crippen LogP contribution in [-0.4, -0.2) is 40.3 Å². The Balaban J connectivity index is 2.61. The molecule has 0 saturated carbocycles. The predicted octanol–water partition coefficient (Wildman–Crippen LogP) is 1.41. The maximum absolute atomic E-state index is 11.6. The van der Waals surface area contributed by atoms with Gasteiger partial charge in [-0.1, -0.05) is 0 Å². The van der Waals surface area contributed by atoms with Gasteiger partial charge in [-0.05, 0) is 20.8 Å². The fourth-order valence-corrected chi connectivity index (χ4v) is 1.61. The van der Waals surface area contributed by atoms with E-state index in [1.807, 2.05) is 25.7 Å². The molecule has 1 aliphatic heterocycles. The number of rotatable bonds is 2. The molecule has 12 heavy (non-hydrogen) atoms. The van der Waals surface area contributed by atoms with Crippen LogP contribution in [0.4, 0.5) is 4.79 Å². The van der Waals surface area contributed by atoms with E-state index in [0.717, 1.165) is 13.1 Å². The summed E-state index contributed by atoms with van der Waals surface area (Å²) < 4.78 is 0. The molecule has 2 amide bonds. The molecule has 1 aliphatic rings. The summed E-state index contributed by atoms with van der Waals surface area (Å²) in [6.45, 7) is 7.63. The number of urea groups is 1. The van der Waals surface area contributed by atoms with E-state index in [4.69, 9.17) is 0 Å². The standard InChI is InChI=1S/C8H16N2OS/c1-6(2)9-4-5-10(7(3)12)8(9)11/h6-7,12H,4-5H2,1-3H3/t7-/m1/s1. The second-order valence-corrected chi connectivity index (χ2v) is 4.14. The molecule has 0 N–H and O–H groups in total. The van der Waals surface area contributed by atoms with E-state index in [1.165, 1.54) is 0 Å². The summed E-state index contributed by atoms with van der Waals surface area (Å²) in [5, 5.41) is 0.0289. The number of amides is 2. The van der Waals surface area contributed by atoms with E-state index < -0.39 is 0 Å². The minimum absolute atomic E-state index is 0.0289. The zero-order chi connectivity index (χ0) is 9.30. The smallest absolute Gasteiger partial charge is 0.320 e. The number of hydrogen-bond donors (Lipinski definition) is 1. The summed E-state index contributed by atoms with van der Waals surface area (Å²) >= 11 is 4.24. The van der Waals surface area contributed by atoms with Gasteiger partial charge < -0.3 is 9.80 Å². The molecule has 1 heterocycles. The Bertz CT molecular complexity index is 164. The molecule has 0 aromatic rings. The average Bonchev–Trinajstić information content (AvgIpc) is 2.30. The highest BCUT2D eigenvalue weighted by atomic mass is 32.1. The fraction of sp³-hybridized carbons (Fsp3) is 0.875. The van der Waals surface area contributed by atoms with Gasteiger partial charge in [0.1, 0.15) is 0 Å². The second-order valence-electron chi connectivity index (χ2n) is 3.39. The third kappa shape index (κ3) is 1.68. The molecule has 0 unspecified atom stereocenters. The Morgan fingerprint density at radius 3 is 2.00 bits per heavy atom. The number of hydrogen-bond acceptors (Lipinski definition) is 2. The monoisotopic (exact) mass is 188 g/mol. The van der Waals surface area contributed by atoms with Crippen molar-refractivity contribution in [3.05, 3.63) is 0 Å². The Morgan fingerprint density at radius 2 is 1.75 bits per heavy atom. The molecule has 4 heteroatoms. The van der Waals surface area contributed by atoms with E-state index in [-0.39, 0.29) is 11.4 Å². The molecule has 0 aromatic heterocycles. The zero-order valence-electron chi connectivity index (χ0n) is 7.82. The molecule has 0 bridgehead atoms. The quantitative estimate of drug-likeness (QED) is 0.651. The van der Waals surface area contributed by atoms with E-state index in [0.29, 0.717) is 6.04 Å². The molecular formula is C8H16N2OS. The minimum Gasteiger partial charge on any atom is -0.320 e. The molecule has 1 atom stereocenters. The lowest BCUT2D eigenvalue weighted by molar-refractivity contribution is 0.182. The molecule has 1 saturated heterocycles. The van der Waals surface area contributed by atoms with Crippen molar-refractivity contribution in [3.8, 4) is 0 Å². The first-order valence-electron chi connectivity index (χ1n) is 4.29. The van der Waals surface area contributed by atoms with E-state index in [2.05, 4.69) is 12.6 Å². The van der Waals surface area contributed by atoms with Gasteiger partial charge in [0.25, 0.3) is 0 Å². The summed E-state index contributed by atoms with van der Waals surface area (Å²) in [4.78, 5) is 15.2. The summed E-state index contributed by atoms with van der Waals surface area (Å²) in [7, 11) is 0. The minimum atomic E-state index is 0.0289. The first-order valence-corrected chi connectivity index (χ1v) is 4.81. The Labute approximate surface area is 79.1 Å². The van der Waals surface area contributed by atoms with Crippen molar-refractivity contribution in [2.75, 3.05) is 13.1 Å². The number of carbonyl (C=O) groups is 1. The zero-order valence-corrected chi connectivity index (χ0v) is 8.71. The van der Waals surface area contributed by atoms with Crippen molar-refractivity contribution in [2.45, 2.75) is 32.2 Å². The van der Waals surface area contributed by atoms with Crippen LogP contribution in [0, 0.1) is 0 Å². The first-order chi connectivity index (χ1) is 5.54. The highest BCUT2D eigenvalue weighted by Crippen LogP contribution is 2.16. The van der Waals surface area contributed by atoms with E-state index in [9.17, 15) is 4.79 Å². The summed E-state index contributed by atoms with van der Waals surface area (Å²) in [5.41, 5.74) is 0. The molecule has 0 spiro atoms. The largest absolute Gasteiger partial charge is 0.321 e. The van der Waals surface area contributed by atoms with Crippen LogP contribution in [-0.2, 0) is 0 Å². The van der Waals surface area contributed by atoms with Gasteiger partial charge in [-0.2, -0.15) is 12.6 Å². The summed E-state index contributed by atoms with van der Waals surface area (Å²) in [6.07, 6.45) is 0. The predicted molar refractivity (Wildman–Crippen MR) is 52.4 cm³/mol. The molecule has 3 nitrogen and oxygen atoms in total. The van der Waals surface area contributed by atoms with Gasteiger partial charge in [0.2, 0.25) is 0 Å². The average molecular weight is 188 g/mol. The maximum Gasteiger partial charge on any atom is 0.321 e. The van der Waals surface area contributed by atoms with Crippen molar-refractivity contribution in [3.63, 3.8) is 0 Å². The van der Waals surface area contributed by atoms with Gasteiger partial charge in [-0.25, -0.2) is 4.79 Å². The molecule has 0 aromatic carbocycles. The van der Waals surface area contributed by atoms with Gasteiger partial charge in [-0.3, -0.25) is 0 Å². The van der Waals surface area contributed by atoms with Crippen LogP contribution in [0.3, 0.4) is 0 Å². The maximum atomic E-state index is 11.6. The normalized spacial score (nSPS) is 20.9. The van der Waals surface area contributed by atoms with E-state index in [1.54, 1.807) is 4.90 Å². The third-order valence-electron chi connectivity index (χ3n) is 2.15. The van der Waals surface area contributed by atoms with Crippen LogP contribution in [0.1, 0.15) is 20.8 Å². The molecular weight excluding hydrogens is 172 g/mol. The van der Waals surface area contributed by atoms with Crippen LogP contribution in [0.5, 0.6) is 0 Å². The lowest BCUT2D eigenvalue weighted by atomic mass is 10.3. The third-order valence-corrected chi connectivity index (χ3v) is 2.43. The molecule has 1 fully saturated rings.